The summed E-state index contributed by atoms with van der Waals surface area (Å²) in [4.78, 5) is 24.1. The van der Waals surface area contributed by atoms with Crippen LogP contribution in [0.15, 0.2) is 182 Å². The molecule has 6 nitrogen and oxygen atoms in total. The Hall–Kier alpha value is -7.05. The maximum atomic E-state index is 4.92. The normalized spacial score (nSPS) is 11.1. The van der Waals surface area contributed by atoms with Crippen LogP contribution in [0.3, 0.4) is 0 Å². The van der Waals surface area contributed by atoms with Crippen molar-refractivity contribution in [3.05, 3.63) is 182 Å². The molecule has 0 aliphatic carbocycles. The molecule has 0 saturated carbocycles. The van der Waals surface area contributed by atoms with Gasteiger partial charge >= 0.3 is 0 Å². The number of pyridine rings is 1. The van der Waals surface area contributed by atoms with Crippen LogP contribution in [0.1, 0.15) is 0 Å². The van der Waals surface area contributed by atoms with Crippen molar-refractivity contribution in [1.29, 1.82) is 0 Å². The van der Waals surface area contributed by atoms with Gasteiger partial charge in [0.2, 0.25) is 0 Å². The van der Waals surface area contributed by atoms with E-state index in [1.165, 1.54) is 0 Å². The average molecular weight is 655 g/mol. The molecule has 0 spiro atoms. The summed E-state index contributed by atoms with van der Waals surface area (Å²) in [7, 11) is 0. The van der Waals surface area contributed by atoms with E-state index in [-0.39, 0.29) is 0 Å². The molecule has 6 aromatic carbocycles. The molecule has 240 valence electrons. The highest BCUT2D eigenvalue weighted by Gasteiger charge is 2.16. The number of hydrogen-bond acceptors (Lipinski definition) is 5. The second kappa shape index (κ2) is 13.1. The lowest BCUT2D eigenvalue weighted by Crippen LogP contribution is -2.00. The number of fused-ring (bicyclic) bond motifs is 1. The number of imidazole rings is 1. The topological polar surface area (TPSA) is 69.4 Å². The van der Waals surface area contributed by atoms with Crippen LogP contribution in [0.2, 0.25) is 0 Å². The minimum Gasteiger partial charge on any atom is -0.291 e. The Morgan fingerprint density at radius 1 is 0.333 bits per heavy atom. The van der Waals surface area contributed by atoms with E-state index < -0.39 is 0 Å². The molecule has 3 heterocycles. The molecule has 51 heavy (non-hydrogen) atoms. The molecule has 9 aromatic rings. The Labute approximate surface area is 295 Å². The van der Waals surface area contributed by atoms with E-state index in [9.17, 15) is 0 Å². The Balaban J connectivity index is 0.985. The lowest BCUT2D eigenvalue weighted by atomic mass is 9.99. The fraction of sp³-hybridized carbons (Fsp3) is 0. The predicted molar refractivity (Wildman–Crippen MR) is 205 cm³/mol. The monoisotopic (exact) mass is 654 g/mol. The molecule has 6 heteroatoms. The quantitative estimate of drug-likeness (QED) is 0.171. The number of para-hydroxylation sites is 2. The van der Waals surface area contributed by atoms with Crippen LogP contribution in [0, 0.1) is 0 Å². The van der Waals surface area contributed by atoms with Crippen LogP contribution < -0.4 is 0 Å². The maximum Gasteiger partial charge on any atom is 0.164 e. The zero-order valence-electron chi connectivity index (χ0n) is 27.5. The molecule has 0 fully saturated rings. The number of aromatic nitrogens is 6. The van der Waals surface area contributed by atoms with E-state index in [2.05, 4.69) is 88.4 Å². The van der Waals surface area contributed by atoms with Gasteiger partial charge in [0.25, 0.3) is 0 Å². The smallest absolute Gasteiger partial charge is 0.164 e. The van der Waals surface area contributed by atoms with E-state index >= 15 is 0 Å². The summed E-state index contributed by atoms with van der Waals surface area (Å²) in [5.41, 5.74) is 11.2. The zero-order chi connectivity index (χ0) is 34.0. The van der Waals surface area contributed by atoms with Crippen LogP contribution in [0.25, 0.3) is 84.7 Å². The molecule has 0 aliphatic heterocycles. The van der Waals surface area contributed by atoms with Crippen molar-refractivity contribution in [3.8, 4) is 73.6 Å². The number of hydrogen-bond donors (Lipinski definition) is 0. The van der Waals surface area contributed by atoms with Gasteiger partial charge in [-0.05, 0) is 58.7 Å². The van der Waals surface area contributed by atoms with Crippen LogP contribution in [-0.2, 0) is 0 Å². The third-order valence-corrected chi connectivity index (χ3v) is 8.97. The summed E-state index contributed by atoms with van der Waals surface area (Å²) >= 11 is 0. The second-order valence-corrected chi connectivity index (χ2v) is 12.2. The molecular formula is C45H30N6. The van der Waals surface area contributed by atoms with Crippen molar-refractivity contribution in [1.82, 2.24) is 29.5 Å². The fourth-order valence-corrected chi connectivity index (χ4v) is 6.36. The van der Waals surface area contributed by atoms with Crippen molar-refractivity contribution < 1.29 is 0 Å². The summed E-state index contributed by atoms with van der Waals surface area (Å²) in [6.45, 7) is 0. The molecule has 0 unspecified atom stereocenters. The Kier molecular flexibility index (Phi) is 7.72. The largest absolute Gasteiger partial charge is 0.291 e. The van der Waals surface area contributed by atoms with E-state index in [0.29, 0.717) is 17.5 Å². The van der Waals surface area contributed by atoms with Crippen molar-refractivity contribution in [2.24, 2.45) is 0 Å². The molecule has 0 bridgehead atoms. The van der Waals surface area contributed by atoms with E-state index in [0.717, 1.165) is 67.2 Å². The van der Waals surface area contributed by atoms with Gasteiger partial charge in [0.05, 0.1) is 11.0 Å². The highest BCUT2D eigenvalue weighted by molar-refractivity contribution is 5.83. The first-order valence-corrected chi connectivity index (χ1v) is 16.8. The number of nitrogens with zero attached hydrogens (tertiary/aromatic N) is 6. The van der Waals surface area contributed by atoms with Crippen molar-refractivity contribution in [3.63, 3.8) is 0 Å². The molecule has 3 aromatic heterocycles. The van der Waals surface area contributed by atoms with Crippen molar-refractivity contribution >= 4 is 11.0 Å². The third kappa shape index (κ3) is 5.96. The van der Waals surface area contributed by atoms with Crippen molar-refractivity contribution in [2.45, 2.75) is 0 Å². The SMILES string of the molecule is c1ccc(-c2nc(-c3ccccc3)nc(-c3ccc(-c4ccc(-c5ccc(-n6c(-c7ccccn7)nc7ccccc76)cc5)cc4)cc3)n2)cc1. The lowest BCUT2D eigenvalue weighted by molar-refractivity contribution is 1.07. The van der Waals surface area contributed by atoms with Gasteiger partial charge in [0, 0.05) is 28.6 Å². The predicted octanol–water partition coefficient (Wildman–Crippen LogP) is 10.6. The first-order chi connectivity index (χ1) is 25.3. The van der Waals surface area contributed by atoms with Gasteiger partial charge in [-0.15, -0.1) is 0 Å². The summed E-state index contributed by atoms with van der Waals surface area (Å²) in [6, 6.07) is 59.9. The fourth-order valence-electron chi connectivity index (χ4n) is 6.36. The van der Waals surface area contributed by atoms with Gasteiger partial charge in [-0.1, -0.05) is 140 Å². The Morgan fingerprint density at radius 2 is 0.765 bits per heavy atom. The van der Waals surface area contributed by atoms with Crippen LogP contribution in [-0.4, -0.2) is 29.5 Å². The van der Waals surface area contributed by atoms with E-state index in [1.54, 1.807) is 6.20 Å². The first-order valence-electron chi connectivity index (χ1n) is 16.8. The minimum absolute atomic E-state index is 0.642. The molecule has 0 N–H and O–H groups in total. The Morgan fingerprint density at radius 3 is 1.27 bits per heavy atom. The van der Waals surface area contributed by atoms with Crippen LogP contribution >= 0.6 is 0 Å². The molecule has 0 saturated heterocycles. The Bertz CT molecular complexity index is 2520. The molecule has 0 atom stereocenters. The van der Waals surface area contributed by atoms with Gasteiger partial charge in [-0.25, -0.2) is 19.9 Å². The molecular weight excluding hydrogens is 625 g/mol. The summed E-state index contributed by atoms with van der Waals surface area (Å²) in [6.07, 6.45) is 1.80. The van der Waals surface area contributed by atoms with E-state index in [4.69, 9.17) is 19.9 Å². The molecule has 0 aliphatic rings. The summed E-state index contributed by atoms with van der Waals surface area (Å²) < 4.78 is 2.18. The van der Waals surface area contributed by atoms with E-state index in [1.807, 2.05) is 97.1 Å². The van der Waals surface area contributed by atoms with Crippen LogP contribution in [0.4, 0.5) is 0 Å². The number of rotatable bonds is 7. The summed E-state index contributed by atoms with van der Waals surface area (Å²) in [5, 5.41) is 0. The first kappa shape index (κ1) is 30.0. The summed E-state index contributed by atoms with van der Waals surface area (Å²) in [5.74, 6) is 2.77. The van der Waals surface area contributed by atoms with Gasteiger partial charge in [-0.2, -0.15) is 0 Å². The standard InChI is InChI=1S/C45H30N6/c1-3-11-35(12-4-1)42-48-43(36-13-5-2-6-14-36)50-44(49-42)37-24-22-33(23-25-37)31-18-20-32(21-19-31)34-26-28-38(29-27-34)51-41-17-8-7-15-39(41)47-45(51)40-16-9-10-30-46-40/h1-30H. The molecule has 9 rings (SSSR count). The van der Waals surface area contributed by atoms with Crippen molar-refractivity contribution in [2.75, 3.05) is 0 Å². The molecule has 0 radical (unpaired) electrons. The van der Waals surface area contributed by atoms with Gasteiger partial charge in [0.1, 0.15) is 5.69 Å². The van der Waals surface area contributed by atoms with Gasteiger partial charge in [-0.3, -0.25) is 9.55 Å². The lowest BCUT2D eigenvalue weighted by Gasteiger charge is -2.11. The highest BCUT2D eigenvalue weighted by Crippen LogP contribution is 2.31. The highest BCUT2D eigenvalue weighted by atomic mass is 15.1. The van der Waals surface area contributed by atoms with Gasteiger partial charge in [0.15, 0.2) is 23.3 Å². The van der Waals surface area contributed by atoms with Gasteiger partial charge < -0.3 is 0 Å². The maximum absolute atomic E-state index is 4.92. The number of benzene rings is 6. The molecule has 0 amide bonds. The second-order valence-electron chi connectivity index (χ2n) is 12.2. The minimum atomic E-state index is 0.642. The van der Waals surface area contributed by atoms with Crippen LogP contribution in [0.5, 0.6) is 0 Å². The average Bonchev–Trinajstić information content (AvgIpc) is 3.62. The zero-order valence-corrected chi connectivity index (χ0v) is 27.5. The third-order valence-electron chi connectivity index (χ3n) is 8.97.